The highest BCUT2D eigenvalue weighted by molar-refractivity contribution is 6.08. The van der Waals surface area contributed by atoms with Crippen molar-refractivity contribution >= 4 is 34.0 Å². The van der Waals surface area contributed by atoms with Gasteiger partial charge in [-0.3, -0.25) is 5.43 Å². The number of nitrogens with one attached hydrogen (secondary N) is 2. The van der Waals surface area contributed by atoms with Crippen molar-refractivity contribution in [3.05, 3.63) is 48.3 Å². The lowest BCUT2D eigenvalue weighted by molar-refractivity contribution is 0.324. The Balaban J connectivity index is 1.67. The number of anilines is 1. The van der Waals surface area contributed by atoms with E-state index in [2.05, 4.69) is 25.5 Å². The topological polar surface area (TPSA) is 93.7 Å². The van der Waals surface area contributed by atoms with Crippen LogP contribution in [-0.4, -0.2) is 42.5 Å². The molecule has 0 aliphatic rings. The molecule has 0 saturated heterocycles. The summed E-state index contributed by atoms with van der Waals surface area (Å²) in [6, 6.07) is 11.6. The molecule has 0 unspecified atom stereocenters. The molecule has 0 radical (unpaired) electrons. The van der Waals surface area contributed by atoms with Gasteiger partial charge in [-0.2, -0.15) is 5.10 Å². The fraction of sp³-hybridized carbons (Fsp3) is 0.150. The van der Waals surface area contributed by atoms with Gasteiger partial charge in [0, 0.05) is 16.5 Å². The zero-order valence-electron chi connectivity index (χ0n) is 15.7. The van der Waals surface area contributed by atoms with Crippen LogP contribution in [0.5, 0.6) is 17.2 Å². The highest BCUT2D eigenvalue weighted by Gasteiger charge is 2.15. The molecule has 4 rings (SSSR count). The molecule has 28 heavy (non-hydrogen) atoms. The SMILES string of the molecule is COc1ccc(/C=N/Nc2ncnc3c2[nH]c2ccccc23)c(OC)c1OC. The number of hydrogen-bond acceptors (Lipinski definition) is 7. The molecule has 0 amide bonds. The lowest BCUT2D eigenvalue weighted by Gasteiger charge is -2.13. The minimum Gasteiger partial charge on any atom is -0.493 e. The Morgan fingerprint density at radius 3 is 2.57 bits per heavy atom. The Labute approximate surface area is 161 Å². The first-order chi connectivity index (χ1) is 13.8. The fourth-order valence-corrected chi connectivity index (χ4v) is 3.12. The van der Waals surface area contributed by atoms with Crippen LogP contribution in [0.15, 0.2) is 47.8 Å². The van der Waals surface area contributed by atoms with Crippen molar-refractivity contribution in [1.82, 2.24) is 15.0 Å². The Morgan fingerprint density at radius 1 is 0.964 bits per heavy atom. The molecular formula is C20H19N5O3. The number of aromatic nitrogens is 3. The van der Waals surface area contributed by atoms with Gasteiger partial charge in [0.25, 0.3) is 0 Å². The number of H-pyrrole nitrogens is 1. The summed E-state index contributed by atoms with van der Waals surface area (Å²) < 4.78 is 16.2. The molecule has 2 aromatic carbocycles. The molecule has 142 valence electrons. The summed E-state index contributed by atoms with van der Waals surface area (Å²) in [7, 11) is 4.71. The van der Waals surface area contributed by atoms with Crippen molar-refractivity contribution in [2.24, 2.45) is 5.10 Å². The number of para-hydroxylation sites is 1. The Kier molecular flexibility index (Phi) is 4.67. The predicted octanol–water partition coefficient (Wildman–Crippen LogP) is 3.58. The molecule has 2 aromatic heterocycles. The molecule has 0 aliphatic heterocycles. The third-order valence-electron chi connectivity index (χ3n) is 4.40. The molecule has 8 nitrogen and oxygen atoms in total. The molecule has 2 N–H and O–H groups in total. The van der Waals surface area contributed by atoms with Gasteiger partial charge in [0.15, 0.2) is 17.3 Å². The van der Waals surface area contributed by atoms with E-state index >= 15 is 0 Å². The molecule has 8 heteroatoms. The number of fused-ring (bicyclic) bond motifs is 3. The van der Waals surface area contributed by atoms with Crippen LogP contribution in [-0.2, 0) is 0 Å². The van der Waals surface area contributed by atoms with Crippen LogP contribution in [0.25, 0.3) is 21.9 Å². The smallest absolute Gasteiger partial charge is 0.203 e. The van der Waals surface area contributed by atoms with Gasteiger partial charge in [0.2, 0.25) is 5.75 Å². The van der Waals surface area contributed by atoms with E-state index in [-0.39, 0.29) is 0 Å². The molecule has 0 saturated carbocycles. The van der Waals surface area contributed by atoms with Crippen molar-refractivity contribution in [2.45, 2.75) is 0 Å². The minimum absolute atomic E-state index is 0.508. The van der Waals surface area contributed by atoms with Crippen LogP contribution in [0.3, 0.4) is 0 Å². The normalized spacial score (nSPS) is 11.2. The second-order valence-corrected chi connectivity index (χ2v) is 5.91. The van der Waals surface area contributed by atoms with Crippen LogP contribution >= 0.6 is 0 Å². The minimum atomic E-state index is 0.508. The summed E-state index contributed by atoms with van der Waals surface area (Å²) >= 11 is 0. The average Bonchev–Trinajstić information content (AvgIpc) is 3.12. The largest absolute Gasteiger partial charge is 0.493 e. The highest BCUT2D eigenvalue weighted by Crippen LogP contribution is 2.39. The van der Waals surface area contributed by atoms with Crippen molar-refractivity contribution in [1.29, 1.82) is 0 Å². The van der Waals surface area contributed by atoms with Crippen molar-refractivity contribution in [2.75, 3.05) is 26.8 Å². The molecular weight excluding hydrogens is 358 g/mol. The molecule has 4 aromatic rings. The summed E-state index contributed by atoms with van der Waals surface area (Å²) in [5.41, 5.74) is 6.33. The standard InChI is InChI=1S/C20H19N5O3/c1-26-15-9-8-12(18(27-2)19(15)28-3)10-23-25-20-17-16(21-11-22-20)13-6-4-5-7-14(13)24-17/h4-11,24H,1-3H3,(H,21,22,25)/b23-10+. The van der Waals surface area contributed by atoms with Crippen molar-refractivity contribution in [3.8, 4) is 17.2 Å². The first-order valence-electron chi connectivity index (χ1n) is 8.56. The lowest BCUT2D eigenvalue weighted by Crippen LogP contribution is -2.00. The maximum absolute atomic E-state index is 5.47. The molecule has 0 aliphatic carbocycles. The third kappa shape index (κ3) is 2.94. The predicted molar refractivity (Wildman–Crippen MR) is 109 cm³/mol. The Hall–Kier alpha value is -3.81. The number of nitrogens with zero attached hydrogens (tertiary/aromatic N) is 3. The maximum atomic E-state index is 5.47. The zero-order valence-corrected chi connectivity index (χ0v) is 15.7. The lowest BCUT2D eigenvalue weighted by atomic mass is 10.2. The third-order valence-corrected chi connectivity index (χ3v) is 4.40. The van der Waals surface area contributed by atoms with Crippen LogP contribution < -0.4 is 19.6 Å². The molecule has 0 fully saturated rings. The summed E-state index contributed by atoms with van der Waals surface area (Å²) in [5.74, 6) is 2.21. The van der Waals surface area contributed by atoms with E-state index in [4.69, 9.17) is 14.2 Å². The number of benzene rings is 2. The maximum Gasteiger partial charge on any atom is 0.203 e. The molecule has 0 spiro atoms. The van der Waals surface area contributed by atoms with E-state index in [1.807, 2.05) is 30.3 Å². The van der Waals surface area contributed by atoms with Gasteiger partial charge in [-0.15, -0.1) is 0 Å². The molecule has 2 heterocycles. The van der Waals surface area contributed by atoms with Gasteiger partial charge in [0.05, 0.1) is 27.5 Å². The Morgan fingerprint density at radius 2 is 1.79 bits per heavy atom. The average molecular weight is 377 g/mol. The van der Waals surface area contributed by atoms with E-state index in [1.54, 1.807) is 33.6 Å². The molecule has 0 bridgehead atoms. The number of aromatic amines is 1. The van der Waals surface area contributed by atoms with Gasteiger partial charge >= 0.3 is 0 Å². The van der Waals surface area contributed by atoms with Gasteiger partial charge in [-0.1, -0.05) is 18.2 Å². The van der Waals surface area contributed by atoms with E-state index in [0.29, 0.717) is 23.1 Å². The second-order valence-electron chi connectivity index (χ2n) is 5.91. The quantitative estimate of drug-likeness (QED) is 0.394. The number of methoxy groups -OCH3 is 3. The van der Waals surface area contributed by atoms with E-state index in [1.165, 1.54) is 6.33 Å². The summed E-state index contributed by atoms with van der Waals surface area (Å²) in [6.07, 6.45) is 3.15. The van der Waals surface area contributed by atoms with E-state index in [0.717, 1.165) is 27.5 Å². The van der Waals surface area contributed by atoms with Gasteiger partial charge in [-0.25, -0.2) is 9.97 Å². The van der Waals surface area contributed by atoms with Gasteiger partial charge in [0.1, 0.15) is 17.4 Å². The first-order valence-corrected chi connectivity index (χ1v) is 8.56. The number of rotatable bonds is 6. The van der Waals surface area contributed by atoms with Crippen molar-refractivity contribution < 1.29 is 14.2 Å². The molecule has 0 atom stereocenters. The van der Waals surface area contributed by atoms with Gasteiger partial charge < -0.3 is 19.2 Å². The van der Waals surface area contributed by atoms with E-state index < -0.39 is 0 Å². The summed E-state index contributed by atoms with van der Waals surface area (Å²) in [4.78, 5) is 12.0. The Bertz CT molecular complexity index is 1170. The van der Waals surface area contributed by atoms with Crippen LogP contribution in [0.2, 0.25) is 0 Å². The fourth-order valence-electron chi connectivity index (χ4n) is 3.12. The number of ether oxygens (including phenoxy) is 3. The summed E-state index contributed by atoms with van der Waals surface area (Å²) in [6.45, 7) is 0. The van der Waals surface area contributed by atoms with Crippen LogP contribution in [0, 0.1) is 0 Å². The number of hydrazone groups is 1. The van der Waals surface area contributed by atoms with Gasteiger partial charge in [-0.05, 0) is 18.2 Å². The zero-order chi connectivity index (χ0) is 19.5. The second kappa shape index (κ2) is 7.43. The van der Waals surface area contributed by atoms with E-state index in [9.17, 15) is 0 Å². The first kappa shape index (κ1) is 17.6. The highest BCUT2D eigenvalue weighted by atomic mass is 16.5. The van der Waals surface area contributed by atoms with Crippen molar-refractivity contribution in [3.63, 3.8) is 0 Å². The monoisotopic (exact) mass is 377 g/mol. The number of hydrogen-bond donors (Lipinski definition) is 2. The summed E-state index contributed by atoms with van der Waals surface area (Å²) in [5, 5.41) is 5.35. The van der Waals surface area contributed by atoms with Crippen LogP contribution in [0.4, 0.5) is 5.82 Å². The van der Waals surface area contributed by atoms with Crippen LogP contribution in [0.1, 0.15) is 5.56 Å².